The molecule has 1 aromatic carbocycles. The second-order valence-electron chi connectivity index (χ2n) is 4.69. The number of hydrogen-bond acceptors (Lipinski definition) is 6. The zero-order chi connectivity index (χ0) is 15.2. The molecule has 0 aliphatic carbocycles. The van der Waals surface area contributed by atoms with Gasteiger partial charge in [0.05, 0.1) is 12.7 Å². The zero-order valence-electron chi connectivity index (χ0n) is 12.5. The van der Waals surface area contributed by atoms with E-state index in [1.54, 1.807) is 0 Å². The van der Waals surface area contributed by atoms with Crippen molar-refractivity contribution in [3.63, 3.8) is 0 Å². The van der Waals surface area contributed by atoms with Crippen LogP contribution in [0.5, 0.6) is 11.6 Å². The van der Waals surface area contributed by atoms with Crippen LogP contribution in [0.1, 0.15) is 20.8 Å². The lowest BCUT2D eigenvalue weighted by molar-refractivity contribution is 0.242. The van der Waals surface area contributed by atoms with E-state index in [9.17, 15) is 0 Å². The standard InChI is InChI=1S/C15H20N4O2/c1-4-20-15-13(16)14(17-9-18-15)19-11-5-7-12(8-6-11)21-10(2)3/h5-10H,4,16H2,1-3H3,(H,17,18,19). The molecule has 0 aliphatic rings. The molecule has 21 heavy (non-hydrogen) atoms. The van der Waals surface area contributed by atoms with Crippen molar-refractivity contribution in [2.45, 2.75) is 26.9 Å². The number of nitrogens with zero attached hydrogens (tertiary/aromatic N) is 2. The molecule has 0 saturated heterocycles. The van der Waals surface area contributed by atoms with E-state index in [4.69, 9.17) is 15.2 Å². The van der Waals surface area contributed by atoms with Crippen LogP contribution in [0.3, 0.4) is 0 Å². The van der Waals surface area contributed by atoms with Gasteiger partial charge in [-0.15, -0.1) is 0 Å². The van der Waals surface area contributed by atoms with Crippen molar-refractivity contribution in [1.29, 1.82) is 0 Å². The minimum atomic E-state index is 0.148. The van der Waals surface area contributed by atoms with Crippen LogP contribution in [-0.2, 0) is 0 Å². The predicted octanol–water partition coefficient (Wildman–Crippen LogP) is 2.99. The van der Waals surface area contributed by atoms with Gasteiger partial charge in [-0.05, 0) is 45.0 Å². The molecule has 1 aromatic heterocycles. The van der Waals surface area contributed by atoms with E-state index in [-0.39, 0.29) is 6.10 Å². The third kappa shape index (κ3) is 3.98. The molecule has 0 atom stereocenters. The lowest BCUT2D eigenvalue weighted by Gasteiger charge is -2.12. The molecule has 6 nitrogen and oxygen atoms in total. The van der Waals surface area contributed by atoms with E-state index in [2.05, 4.69) is 15.3 Å². The number of aromatic nitrogens is 2. The molecule has 2 rings (SSSR count). The molecular formula is C15H20N4O2. The Bertz CT molecular complexity index is 585. The maximum absolute atomic E-state index is 5.98. The summed E-state index contributed by atoms with van der Waals surface area (Å²) in [4.78, 5) is 8.13. The summed E-state index contributed by atoms with van der Waals surface area (Å²) in [5, 5.41) is 3.14. The smallest absolute Gasteiger partial charge is 0.242 e. The first-order chi connectivity index (χ1) is 10.1. The topological polar surface area (TPSA) is 82.3 Å². The molecule has 0 fully saturated rings. The van der Waals surface area contributed by atoms with Crippen LogP contribution < -0.4 is 20.5 Å². The summed E-state index contributed by atoms with van der Waals surface area (Å²) in [6.45, 7) is 6.36. The molecule has 0 saturated carbocycles. The summed E-state index contributed by atoms with van der Waals surface area (Å²) < 4.78 is 10.9. The van der Waals surface area contributed by atoms with Crippen molar-refractivity contribution < 1.29 is 9.47 Å². The van der Waals surface area contributed by atoms with Crippen molar-refractivity contribution in [3.8, 4) is 11.6 Å². The number of benzene rings is 1. The van der Waals surface area contributed by atoms with Gasteiger partial charge in [0.25, 0.3) is 0 Å². The van der Waals surface area contributed by atoms with Crippen LogP contribution >= 0.6 is 0 Å². The Labute approximate surface area is 124 Å². The second kappa shape index (κ2) is 6.78. The van der Waals surface area contributed by atoms with Crippen molar-refractivity contribution in [2.24, 2.45) is 0 Å². The third-order valence-corrected chi connectivity index (χ3v) is 2.62. The SMILES string of the molecule is CCOc1ncnc(Nc2ccc(OC(C)C)cc2)c1N. The molecule has 0 radical (unpaired) electrons. The van der Waals surface area contributed by atoms with Gasteiger partial charge < -0.3 is 20.5 Å². The number of ether oxygens (including phenoxy) is 2. The summed E-state index contributed by atoms with van der Waals surface area (Å²) in [6, 6.07) is 7.59. The largest absolute Gasteiger partial charge is 0.491 e. The highest BCUT2D eigenvalue weighted by Crippen LogP contribution is 2.28. The zero-order valence-corrected chi connectivity index (χ0v) is 12.5. The molecule has 3 N–H and O–H groups in total. The first kappa shape index (κ1) is 14.9. The fraction of sp³-hybridized carbons (Fsp3) is 0.333. The van der Waals surface area contributed by atoms with Gasteiger partial charge in [-0.1, -0.05) is 0 Å². The lowest BCUT2D eigenvalue weighted by atomic mass is 10.3. The van der Waals surface area contributed by atoms with Gasteiger partial charge >= 0.3 is 0 Å². The molecule has 112 valence electrons. The van der Waals surface area contributed by atoms with E-state index in [0.29, 0.717) is 24.0 Å². The Morgan fingerprint density at radius 1 is 1.19 bits per heavy atom. The maximum Gasteiger partial charge on any atom is 0.242 e. The molecule has 2 aromatic rings. The Kier molecular flexibility index (Phi) is 4.81. The molecule has 0 bridgehead atoms. The second-order valence-corrected chi connectivity index (χ2v) is 4.69. The number of nitrogen functional groups attached to an aromatic ring is 1. The third-order valence-electron chi connectivity index (χ3n) is 2.62. The highest BCUT2D eigenvalue weighted by atomic mass is 16.5. The molecule has 0 spiro atoms. The van der Waals surface area contributed by atoms with Crippen LogP contribution in [0.4, 0.5) is 17.2 Å². The number of rotatable bonds is 6. The van der Waals surface area contributed by atoms with Crippen molar-refractivity contribution in [1.82, 2.24) is 9.97 Å². The van der Waals surface area contributed by atoms with Gasteiger partial charge in [-0.3, -0.25) is 0 Å². The van der Waals surface area contributed by atoms with Crippen LogP contribution in [-0.4, -0.2) is 22.7 Å². The molecule has 0 unspecified atom stereocenters. The van der Waals surface area contributed by atoms with E-state index < -0.39 is 0 Å². The summed E-state index contributed by atoms with van der Waals surface area (Å²) in [6.07, 6.45) is 1.56. The molecular weight excluding hydrogens is 268 g/mol. The number of nitrogens with one attached hydrogen (secondary N) is 1. The van der Waals surface area contributed by atoms with Crippen LogP contribution in [0, 0.1) is 0 Å². The number of anilines is 3. The average molecular weight is 288 g/mol. The normalized spacial score (nSPS) is 10.5. The lowest BCUT2D eigenvalue weighted by Crippen LogP contribution is -2.06. The summed E-state index contributed by atoms with van der Waals surface area (Å²) in [5.41, 5.74) is 7.23. The van der Waals surface area contributed by atoms with Gasteiger partial charge in [0, 0.05) is 5.69 Å². The summed E-state index contributed by atoms with van der Waals surface area (Å²) >= 11 is 0. The average Bonchev–Trinajstić information content (AvgIpc) is 2.45. The Hall–Kier alpha value is -2.50. The van der Waals surface area contributed by atoms with Crippen LogP contribution in [0.15, 0.2) is 30.6 Å². The van der Waals surface area contributed by atoms with Crippen molar-refractivity contribution in [2.75, 3.05) is 17.7 Å². The quantitative estimate of drug-likeness (QED) is 0.850. The van der Waals surface area contributed by atoms with E-state index in [0.717, 1.165) is 11.4 Å². The minimum absolute atomic E-state index is 0.148. The Balaban J connectivity index is 2.13. The first-order valence-corrected chi connectivity index (χ1v) is 6.87. The molecule has 6 heteroatoms. The highest BCUT2D eigenvalue weighted by molar-refractivity contribution is 5.72. The van der Waals surface area contributed by atoms with E-state index >= 15 is 0 Å². The molecule has 0 aliphatic heterocycles. The summed E-state index contributed by atoms with van der Waals surface area (Å²) in [5.74, 6) is 1.72. The predicted molar refractivity (Wildman–Crippen MR) is 83.1 cm³/mol. The van der Waals surface area contributed by atoms with Gasteiger partial charge in [0.15, 0.2) is 5.82 Å². The van der Waals surface area contributed by atoms with Gasteiger partial charge in [0.2, 0.25) is 5.88 Å². The molecule has 0 amide bonds. The Morgan fingerprint density at radius 2 is 1.90 bits per heavy atom. The van der Waals surface area contributed by atoms with E-state index in [1.165, 1.54) is 6.33 Å². The monoisotopic (exact) mass is 288 g/mol. The maximum atomic E-state index is 5.98. The number of hydrogen-bond donors (Lipinski definition) is 2. The highest BCUT2D eigenvalue weighted by Gasteiger charge is 2.09. The van der Waals surface area contributed by atoms with Crippen molar-refractivity contribution in [3.05, 3.63) is 30.6 Å². The number of nitrogens with two attached hydrogens (primary N) is 1. The fourth-order valence-corrected chi connectivity index (χ4v) is 1.76. The van der Waals surface area contributed by atoms with Crippen molar-refractivity contribution >= 4 is 17.2 Å². The van der Waals surface area contributed by atoms with E-state index in [1.807, 2.05) is 45.0 Å². The van der Waals surface area contributed by atoms with Gasteiger partial charge in [-0.2, -0.15) is 4.98 Å². The van der Waals surface area contributed by atoms with Gasteiger partial charge in [-0.25, -0.2) is 4.98 Å². The van der Waals surface area contributed by atoms with Gasteiger partial charge in [0.1, 0.15) is 17.8 Å². The Morgan fingerprint density at radius 3 is 2.52 bits per heavy atom. The first-order valence-electron chi connectivity index (χ1n) is 6.87. The molecule has 1 heterocycles. The minimum Gasteiger partial charge on any atom is -0.491 e. The fourth-order valence-electron chi connectivity index (χ4n) is 1.76. The summed E-state index contributed by atoms with van der Waals surface area (Å²) in [7, 11) is 0. The van der Waals surface area contributed by atoms with Crippen LogP contribution in [0.25, 0.3) is 0 Å². The van der Waals surface area contributed by atoms with Crippen LogP contribution in [0.2, 0.25) is 0 Å².